The average Bonchev–Trinajstić information content (AvgIpc) is 2.70. The third-order valence-electron chi connectivity index (χ3n) is 2.09. The van der Waals surface area contributed by atoms with E-state index in [-0.39, 0.29) is 17.5 Å². The Morgan fingerprint density at radius 1 is 1.27 bits per heavy atom. The van der Waals surface area contributed by atoms with E-state index in [2.05, 4.69) is 9.97 Å². The van der Waals surface area contributed by atoms with Crippen LogP contribution in [-0.4, -0.2) is 35.9 Å². The van der Waals surface area contributed by atoms with Crippen molar-refractivity contribution in [3.05, 3.63) is 12.4 Å². The molecule has 0 fully saturated rings. The van der Waals surface area contributed by atoms with Crippen LogP contribution in [-0.2, 0) is 9.84 Å². The van der Waals surface area contributed by atoms with Gasteiger partial charge in [-0.15, -0.1) is 0 Å². The van der Waals surface area contributed by atoms with Gasteiger partial charge in [-0.3, -0.25) is 0 Å². The quantitative estimate of drug-likeness (QED) is 0.679. The Kier molecular flexibility index (Phi) is 4.77. The Hall–Kier alpha value is -0.880. The monoisotopic (exact) mass is 232 g/mol. The first kappa shape index (κ1) is 12.2. The van der Waals surface area contributed by atoms with Gasteiger partial charge in [0.15, 0.2) is 0 Å². The molecule has 1 aromatic heterocycles. The van der Waals surface area contributed by atoms with Crippen LogP contribution in [0.15, 0.2) is 17.6 Å². The number of aromatic amines is 1. The second kappa shape index (κ2) is 5.87. The number of rotatable bonds is 7. The van der Waals surface area contributed by atoms with Gasteiger partial charge in [0.1, 0.15) is 0 Å². The summed E-state index contributed by atoms with van der Waals surface area (Å²) in [5, 5.41) is 8.59. The van der Waals surface area contributed by atoms with Crippen molar-refractivity contribution in [2.45, 2.75) is 30.8 Å². The topological polar surface area (TPSA) is 83.1 Å². The van der Waals surface area contributed by atoms with Crippen LogP contribution in [0, 0.1) is 0 Å². The maximum atomic E-state index is 11.6. The standard InChI is InChI=1S/C9H16N2O3S/c12-7-3-1-2-4-8-15(13,14)9-10-5-6-11-9/h5-6,12H,1-4,7-8H2,(H,10,11). The molecule has 0 radical (unpaired) electrons. The summed E-state index contributed by atoms with van der Waals surface area (Å²) in [6, 6.07) is 0. The number of sulfone groups is 1. The van der Waals surface area contributed by atoms with Crippen molar-refractivity contribution in [1.29, 1.82) is 0 Å². The van der Waals surface area contributed by atoms with E-state index in [9.17, 15) is 8.42 Å². The molecule has 0 bridgehead atoms. The highest BCUT2D eigenvalue weighted by molar-refractivity contribution is 7.91. The molecule has 0 aromatic carbocycles. The zero-order valence-electron chi connectivity index (χ0n) is 8.52. The Bertz CT molecular complexity index is 359. The molecule has 86 valence electrons. The molecule has 0 amide bonds. The first-order valence-corrected chi connectivity index (χ1v) is 6.65. The first-order valence-electron chi connectivity index (χ1n) is 5.00. The molecule has 15 heavy (non-hydrogen) atoms. The zero-order chi connectivity index (χ0) is 11.1. The summed E-state index contributed by atoms with van der Waals surface area (Å²) >= 11 is 0. The number of imidazole rings is 1. The van der Waals surface area contributed by atoms with Gasteiger partial charge in [0, 0.05) is 19.0 Å². The van der Waals surface area contributed by atoms with Crippen LogP contribution in [0.5, 0.6) is 0 Å². The first-order chi connectivity index (χ1) is 7.17. The number of aliphatic hydroxyl groups excluding tert-OH is 1. The lowest BCUT2D eigenvalue weighted by Crippen LogP contribution is -2.08. The predicted molar refractivity (Wildman–Crippen MR) is 56.2 cm³/mol. The largest absolute Gasteiger partial charge is 0.396 e. The SMILES string of the molecule is O=S(=O)(CCCCCCO)c1ncc[nH]1. The number of nitrogens with zero attached hydrogens (tertiary/aromatic N) is 1. The predicted octanol–water partition coefficient (Wildman–Crippen LogP) is 0.736. The minimum Gasteiger partial charge on any atom is -0.396 e. The number of H-pyrrole nitrogens is 1. The van der Waals surface area contributed by atoms with E-state index in [0.29, 0.717) is 6.42 Å². The van der Waals surface area contributed by atoms with E-state index in [1.807, 2.05) is 0 Å². The number of aliphatic hydroxyl groups is 1. The molecule has 0 atom stereocenters. The van der Waals surface area contributed by atoms with Crippen LogP contribution in [0.4, 0.5) is 0 Å². The number of hydrogen-bond acceptors (Lipinski definition) is 4. The Balaban J connectivity index is 2.32. The van der Waals surface area contributed by atoms with Crippen molar-refractivity contribution in [3.63, 3.8) is 0 Å². The minimum atomic E-state index is -3.23. The molecule has 0 spiro atoms. The second-order valence-electron chi connectivity index (χ2n) is 3.35. The summed E-state index contributed by atoms with van der Waals surface area (Å²) in [4.78, 5) is 6.31. The van der Waals surface area contributed by atoms with Gasteiger partial charge < -0.3 is 10.1 Å². The third kappa shape index (κ3) is 4.01. The van der Waals surface area contributed by atoms with Crippen molar-refractivity contribution in [2.24, 2.45) is 0 Å². The van der Waals surface area contributed by atoms with E-state index < -0.39 is 9.84 Å². The van der Waals surface area contributed by atoms with Gasteiger partial charge in [-0.1, -0.05) is 12.8 Å². The van der Waals surface area contributed by atoms with Gasteiger partial charge in [0.2, 0.25) is 15.0 Å². The number of unbranched alkanes of at least 4 members (excludes halogenated alkanes) is 3. The van der Waals surface area contributed by atoms with Gasteiger partial charge in [0.25, 0.3) is 0 Å². The van der Waals surface area contributed by atoms with Crippen LogP contribution < -0.4 is 0 Å². The molecular formula is C9H16N2O3S. The highest BCUT2D eigenvalue weighted by Gasteiger charge is 2.15. The molecule has 1 rings (SSSR count). The zero-order valence-corrected chi connectivity index (χ0v) is 9.33. The molecule has 1 aromatic rings. The molecule has 0 unspecified atom stereocenters. The van der Waals surface area contributed by atoms with Crippen LogP contribution in [0.1, 0.15) is 25.7 Å². The highest BCUT2D eigenvalue weighted by Crippen LogP contribution is 2.08. The third-order valence-corrected chi connectivity index (χ3v) is 3.73. The van der Waals surface area contributed by atoms with E-state index in [0.717, 1.165) is 19.3 Å². The fourth-order valence-corrected chi connectivity index (χ4v) is 2.52. The lowest BCUT2D eigenvalue weighted by molar-refractivity contribution is 0.283. The Morgan fingerprint density at radius 2 is 2.00 bits per heavy atom. The molecule has 0 aliphatic heterocycles. The van der Waals surface area contributed by atoms with Gasteiger partial charge in [-0.25, -0.2) is 13.4 Å². The number of hydrogen-bond donors (Lipinski definition) is 2. The maximum absolute atomic E-state index is 11.6. The maximum Gasteiger partial charge on any atom is 0.224 e. The second-order valence-corrected chi connectivity index (χ2v) is 5.38. The minimum absolute atomic E-state index is 0.0460. The van der Waals surface area contributed by atoms with E-state index in [1.54, 1.807) is 0 Å². The van der Waals surface area contributed by atoms with Crippen LogP contribution in [0.25, 0.3) is 0 Å². The van der Waals surface area contributed by atoms with Gasteiger partial charge in [-0.2, -0.15) is 0 Å². The summed E-state index contributed by atoms with van der Waals surface area (Å²) < 4.78 is 23.2. The Morgan fingerprint density at radius 3 is 2.60 bits per heavy atom. The smallest absolute Gasteiger partial charge is 0.224 e. The fourth-order valence-electron chi connectivity index (χ4n) is 1.27. The van der Waals surface area contributed by atoms with Gasteiger partial charge >= 0.3 is 0 Å². The molecule has 1 heterocycles. The lowest BCUT2D eigenvalue weighted by Gasteiger charge is -2.00. The van der Waals surface area contributed by atoms with Crippen molar-refractivity contribution in [3.8, 4) is 0 Å². The van der Waals surface area contributed by atoms with Crippen molar-refractivity contribution in [2.75, 3.05) is 12.4 Å². The molecule has 0 saturated heterocycles. The van der Waals surface area contributed by atoms with Crippen LogP contribution in [0.2, 0.25) is 0 Å². The molecular weight excluding hydrogens is 216 g/mol. The van der Waals surface area contributed by atoms with Gasteiger partial charge in [-0.05, 0) is 12.8 Å². The van der Waals surface area contributed by atoms with Crippen molar-refractivity contribution < 1.29 is 13.5 Å². The Labute approximate surface area is 89.5 Å². The summed E-state index contributed by atoms with van der Waals surface area (Å²) in [6.45, 7) is 0.172. The molecule has 2 N–H and O–H groups in total. The summed E-state index contributed by atoms with van der Waals surface area (Å²) in [7, 11) is -3.23. The van der Waals surface area contributed by atoms with Crippen LogP contribution >= 0.6 is 0 Å². The number of aromatic nitrogens is 2. The summed E-state index contributed by atoms with van der Waals surface area (Å²) in [6.07, 6.45) is 5.96. The molecule has 5 nitrogen and oxygen atoms in total. The number of nitrogens with one attached hydrogen (secondary N) is 1. The lowest BCUT2D eigenvalue weighted by atomic mass is 10.2. The van der Waals surface area contributed by atoms with E-state index >= 15 is 0 Å². The average molecular weight is 232 g/mol. The van der Waals surface area contributed by atoms with Crippen molar-refractivity contribution in [1.82, 2.24) is 9.97 Å². The molecule has 0 saturated carbocycles. The molecule has 0 aliphatic rings. The summed E-state index contributed by atoms with van der Waals surface area (Å²) in [5.74, 6) is 0.117. The van der Waals surface area contributed by atoms with Crippen molar-refractivity contribution >= 4 is 9.84 Å². The normalized spacial score (nSPS) is 11.8. The highest BCUT2D eigenvalue weighted by atomic mass is 32.2. The van der Waals surface area contributed by atoms with Crippen LogP contribution in [0.3, 0.4) is 0 Å². The summed E-state index contributed by atoms with van der Waals surface area (Å²) in [5.41, 5.74) is 0. The molecule has 0 aliphatic carbocycles. The van der Waals surface area contributed by atoms with E-state index in [4.69, 9.17) is 5.11 Å². The van der Waals surface area contributed by atoms with Gasteiger partial charge in [0.05, 0.1) is 5.75 Å². The fraction of sp³-hybridized carbons (Fsp3) is 0.667. The van der Waals surface area contributed by atoms with E-state index in [1.165, 1.54) is 12.4 Å². The molecule has 6 heteroatoms.